The second-order valence-corrected chi connectivity index (χ2v) is 9.23. The van der Waals surface area contributed by atoms with Gasteiger partial charge in [-0.3, -0.25) is 4.79 Å². The van der Waals surface area contributed by atoms with Crippen molar-refractivity contribution < 1.29 is 9.59 Å². The van der Waals surface area contributed by atoms with Gasteiger partial charge in [-0.05, 0) is 57.6 Å². The van der Waals surface area contributed by atoms with Crippen molar-refractivity contribution in [1.82, 2.24) is 20.5 Å². The van der Waals surface area contributed by atoms with Crippen molar-refractivity contribution in [3.63, 3.8) is 0 Å². The topological polar surface area (TPSA) is 77.6 Å². The molecule has 158 valence electrons. The van der Waals surface area contributed by atoms with Crippen LogP contribution in [-0.2, 0) is 4.79 Å². The summed E-state index contributed by atoms with van der Waals surface area (Å²) < 4.78 is 0. The predicted octanol–water partition coefficient (Wildman–Crippen LogP) is 2.24. The largest absolute Gasteiger partial charge is 0.355 e. The standard InChI is InChI=1S/C22H33N5O2/c1-16(2)25-21(29)26-11-5-9-22(20(28)24-12-17-7-8-17)15-27(14-18(22)13-26)19-6-3-4-10-23-19/h3-4,6,10,16-18H,5,7-9,11-15H2,1-2H3,(H,24,28)(H,25,29)/t18-,22-/m0/s1. The van der Waals surface area contributed by atoms with Crippen LogP contribution in [0.5, 0.6) is 0 Å². The van der Waals surface area contributed by atoms with Gasteiger partial charge >= 0.3 is 6.03 Å². The van der Waals surface area contributed by atoms with Crippen molar-refractivity contribution in [2.24, 2.45) is 17.3 Å². The summed E-state index contributed by atoms with van der Waals surface area (Å²) in [6, 6.07) is 5.98. The lowest BCUT2D eigenvalue weighted by molar-refractivity contribution is -0.132. The molecule has 7 nitrogen and oxygen atoms in total. The lowest BCUT2D eigenvalue weighted by Crippen LogP contribution is -2.50. The first-order valence-corrected chi connectivity index (χ1v) is 11.0. The van der Waals surface area contributed by atoms with Crippen LogP contribution in [0.4, 0.5) is 10.6 Å². The fourth-order valence-electron chi connectivity index (χ4n) is 4.78. The van der Waals surface area contributed by atoms with Gasteiger partial charge in [0.15, 0.2) is 0 Å². The Morgan fingerprint density at radius 3 is 2.79 bits per heavy atom. The number of nitrogens with one attached hydrogen (secondary N) is 2. The zero-order valence-corrected chi connectivity index (χ0v) is 17.6. The predicted molar refractivity (Wildman–Crippen MR) is 113 cm³/mol. The van der Waals surface area contributed by atoms with E-state index in [0.717, 1.165) is 31.7 Å². The Balaban J connectivity index is 1.56. The first-order valence-electron chi connectivity index (χ1n) is 11.0. The number of amides is 3. The van der Waals surface area contributed by atoms with Crippen LogP contribution in [0.15, 0.2) is 24.4 Å². The molecule has 0 bridgehead atoms. The number of hydrogen-bond donors (Lipinski definition) is 2. The molecule has 2 atom stereocenters. The summed E-state index contributed by atoms with van der Waals surface area (Å²) in [6.45, 7) is 7.47. The summed E-state index contributed by atoms with van der Waals surface area (Å²) in [5.74, 6) is 1.83. The molecule has 1 aliphatic carbocycles. The van der Waals surface area contributed by atoms with Crippen molar-refractivity contribution in [3.8, 4) is 0 Å². The molecule has 0 spiro atoms. The lowest BCUT2D eigenvalue weighted by atomic mass is 9.74. The van der Waals surface area contributed by atoms with Gasteiger partial charge < -0.3 is 20.4 Å². The van der Waals surface area contributed by atoms with E-state index in [1.165, 1.54) is 12.8 Å². The van der Waals surface area contributed by atoms with E-state index in [9.17, 15) is 9.59 Å². The third-order valence-electron chi connectivity index (χ3n) is 6.56. The summed E-state index contributed by atoms with van der Waals surface area (Å²) in [4.78, 5) is 34.8. The van der Waals surface area contributed by atoms with E-state index in [2.05, 4.69) is 20.5 Å². The van der Waals surface area contributed by atoms with Gasteiger partial charge in [0, 0.05) is 50.9 Å². The van der Waals surface area contributed by atoms with E-state index in [-0.39, 0.29) is 23.9 Å². The van der Waals surface area contributed by atoms with Gasteiger partial charge in [0.2, 0.25) is 5.91 Å². The molecule has 0 aromatic carbocycles. The van der Waals surface area contributed by atoms with E-state index >= 15 is 0 Å². The van der Waals surface area contributed by atoms with Gasteiger partial charge in [-0.15, -0.1) is 0 Å². The minimum absolute atomic E-state index is 0.0227. The number of fused-ring (bicyclic) bond motifs is 1. The number of carbonyl (C=O) groups is 2. The Labute approximate surface area is 173 Å². The number of carbonyl (C=O) groups excluding carboxylic acids is 2. The molecule has 1 saturated carbocycles. The molecule has 29 heavy (non-hydrogen) atoms. The first-order chi connectivity index (χ1) is 14.0. The molecule has 3 amide bonds. The van der Waals surface area contributed by atoms with E-state index in [1.807, 2.05) is 36.9 Å². The number of rotatable bonds is 5. The van der Waals surface area contributed by atoms with Crippen molar-refractivity contribution >= 4 is 17.8 Å². The Bertz CT molecular complexity index is 736. The van der Waals surface area contributed by atoms with E-state index in [0.29, 0.717) is 25.6 Å². The maximum absolute atomic E-state index is 13.4. The highest BCUT2D eigenvalue weighted by Crippen LogP contribution is 2.44. The summed E-state index contributed by atoms with van der Waals surface area (Å²) >= 11 is 0. The van der Waals surface area contributed by atoms with Crippen LogP contribution < -0.4 is 15.5 Å². The molecule has 3 aliphatic rings. The number of aromatic nitrogens is 1. The SMILES string of the molecule is CC(C)NC(=O)N1CCC[C@]2(C(=O)NCC3CC3)CN(c3ccccn3)C[C@@H]2C1. The molecule has 2 aliphatic heterocycles. The summed E-state index contributed by atoms with van der Waals surface area (Å²) in [5, 5.41) is 6.26. The van der Waals surface area contributed by atoms with Crippen molar-refractivity contribution in [3.05, 3.63) is 24.4 Å². The van der Waals surface area contributed by atoms with Crippen LogP contribution in [0, 0.1) is 17.3 Å². The molecule has 1 aromatic rings. The fourth-order valence-corrected chi connectivity index (χ4v) is 4.78. The van der Waals surface area contributed by atoms with Crippen LogP contribution in [0.1, 0.15) is 39.5 Å². The highest BCUT2D eigenvalue weighted by atomic mass is 16.2. The summed E-state index contributed by atoms with van der Waals surface area (Å²) in [5.41, 5.74) is -0.459. The van der Waals surface area contributed by atoms with Gasteiger partial charge in [0.05, 0.1) is 5.41 Å². The minimum Gasteiger partial charge on any atom is -0.355 e. The van der Waals surface area contributed by atoms with Gasteiger partial charge in [-0.1, -0.05) is 6.07 Å². The highest BCUT2D eigenvalue weighted by Gasteiger charge is 2.53. The van der Waals surface area contributed by atoms with Crippen molar-refractivity contribution in [2.75, 3.05) is 37.6 Å². The van der Waals surface area contributed by atoms with Gasteiger partial charge in [0.1, 0.15) is 5.82 Å². The third-order valence-corrected chi connectivity index (χ3v) is 6.56. The number of likely N-dealkylation sites (tertiary alicyclic amines) is 1. The number of urea groups is 1. The smallest absolute Gasteiger partial charge is 0.317 e. The summed E-state index contributed by atoms with van der Waals surface area (Å²) in [7, 11) is 0. The molecule has 4 rings (SSSR count). The van der Waals surface area contributed by atoms with Crippen LogP contribution in [-0.4, -0.2) is 60.6 Å². The normalized spacial score (nSPS) is 26.8. The number of anilines is 1. The molecular weight excluding hydrogens is 366 g/mol. The molecule has 7 heteroatoms. The quantitative estimate of drug-likeness (QED) is 0.796. The van der Waals surface area contributed by atoms with Crippen molar-refractivity contribution in [2.45, 2.75) is 45.6 Å². The Hall–Kier alpha value is -2.31. The monoisotopic (exact) mass is 399 g/mol. The number of nitrogens with zero attached hydrogens (tertiary/aromatic N) is 3. The zero-order valence-electron chi connectivity index (χ0n) is 17.6. The molecule has 2 saturated heterocycles. The molecule has 0 radical (unpaired) electrons. The minimum atomic E-state index is -0.459. The third kappa shape index (κ3) is 4.33. The molecule has 2 N–H and O–H groups in total. The Morgan fingerprint density at radius 1 is 1.28 bits per heavy atom. The van der Waals surface area contributed by atoms with Gasteiger partial charge in [0.25, 0.3) is 0 Å². The zero-order chi connectivity index (χ0) is 20.4. The molecule has 1 aromatic heterocycles. The molecule has 3 heterocycles. The number of hydrogen-bond acceptors (Lipinski definition) is 4. The Morgan fingerprint density at radius 2 is 2.10 bits per heavy atom. The Kier molecular flexibility index (Phi) is 5.65. The fraction of sp³-hybridized carbons (Fsp3) is 0.682. The van der Waals surface area contributed by atoms with Crippen LogP contribution >= 0.6 is 0 Å². The first kappa shape index (κ1) is 20.0. The number of pyridine rings is 1. The molecular formula is C22H33N5O2. The highest BCUT2D eigenvalue weighted by molar-refractivity contribution is 5.85. The molecule has 3 fully saturated rings. The van der Waals surface area contributed by atoms with Gasteiger partial charge in [-0.2, -0.15) is 0 Å². The van der Waals surface area contributed by atoms with Crippen LogP contribution in [0.2, 0.25) is 0 Å². The maximum atomic E-state index is 13.4. The van der Waals surface area contributed by atoms with Crippen LogP contribution in [0.25, 0.3) is 0 Å². The van der Waals surface area contributed by atoms with E-state index in [4.69, 9.17) is 0 Å². The van der Waals surface area contributed by atoms with Gasteiger partial charge in [-0.25, -0.2) is 9.78 Å². The lowest BCUT2D eigenvalue weighted by Gasteiger charge is -2.32. The maximum Gasteiger partial charge on any atom is 0.317 e. The molecule has 0 unspecified atom stereocenters. The average molecular weight is 400 g/mol. The average Bonchev–Trinajstić information content (AvgIpc) is 3.49. The van der Waals surface area contributed by atoms with E-state index < -0.39 is 5.41 Å². The second kappa shape index (κ2) is 8.20. The van der Waals surface area contributed by atoms with Crippen LogP contribution in [0.3, 0.4) is 0 Å². The summed E-state index contributed by atoms with van der Waals surface area (Å²) in [6.07, 6.45) is 5.89. The van der Waals surface area contributed by atoms with Crippen molar-refractivity contribution in [1.29, 1.82) is 0 Å². The van der Waals surface area contributed by atoms with E-state index in [1.54, 1.807) is 6.20 Å². The second-order valence-electron chi connectivity index (χ2n) is 9.23.